The number of rotatable bonds is 4. The van der Waals surface area contributed by atoms with Gasteiger partial charge in [0.15, 0.2) is 5.78 Å². The lowest BCUT2D eigenvalue weighted by Gasteiger charge is -2.16. The van der Waals surface area contributed by atoms with Crippen LogP contribution in [-0.2, 0) is 0 Å². The molecule has 0 aliphatic carbocycles. The molecular formula is C12H18ClNO. The van der Waals surface area contributed by atoms with Gasteiger partial charge in [-0.15, -0.1) is 12.4 Å². The van der Waals surface area contributed by atoms with Crippen molar-refractivity contribution in [3.8, 4) is 0 Å². The maximum atomic E-state index is 11.8. The van der Waals surface area contributed by atoms with Crippen LogP contribution in [0.3, 0.4) is 0 Å². The van der Waals surface area contributed by atoms with E-state index >= 15 is 0 Å². The van der Waals surface area contributed by atoms with Crippen molar-refractivity contribution in [3.05, 3.63) is 35.9 Å². The molecule has 0 saturated heterocycles. The number of ketones is 1. The number of carbonyl (C=O) groups is 1. The zero-order valence-corrected chi connectivity index (χ0v) is 9.96. The Kier molecular flexibility index (Phi) is 6.21. The van der Waals surface area contributed by atoms with Gasteiger partial charge in [0.2, 0.25) is 0 Å². The van der Waals surface area contributed by atoms with Gasteiger partial charge in [-0.1, -0.05) is 50.6 Å². The van der Waals surface area contributed by atoms with Crippen LogP contribution in [0.4, 0.5) is 0 Å². The maximum absolute atomic E-state index is 11.8. The van der Waals surface area contributed by atoms with E-state index in [2.05, 4.69) is 0 Å². The second-order valence-electron chi connectivity index (χ2n) is 3.64. The highest BCUT2D eigenvalue weighted by atomic mass is 35.5. The van der Waals surface area contributed by atoms with Crippen LogP contribution in [0, 0.1) is 5.92 Å². The lowest BCUT2D eigenvalue weighted by molar-refractivity contribution is 0.0935. The van der Waals surface area contributed by atoms with Crippen molar-refractivity contribution < 1.29 is 4.79 Å². The van der Waals surface area contributed by atoms with E-state index < -0.39 is 0 Å². The summed E-state index contributed by atoms with van der Waals surface area (Å²) in [5, 5.41) is 0. The largest absolute Gasteiger partial charge is 0.321 e. The minimum Gasteiger partial charge on any atom is -0.321 e. The first-order valence-corrected chi connectivity index (χ1v) is 5.01. The molecule has 3 heteroatoms. The molecule has 0 bridgehead atoms. The van der Waals surface area contributed by atoms with Crippen molar-refractivity contribution in [3.63, 3.8) is 0 Å². The Labute approximate surface area is 97.3 Å². The summed E-state index contributed by atoms with van der Waals surface area (Å²) in [4.78, 5) is 11.8. The summed E-state index contributed by atoms with van der Waals surface area (Å²) in [7, 11) is 0. The van der Waals surface area contributed by atoms with Crippen molar-refractivity contribution in [2.75, 3.05) is 0 Å². The van der Waals surface area contributed by atoms with Crippen LogP contribution in [0.2, 0.25) is 0 Å². The Hall–Kier alpha value is -0.860. The highest BCUT2D eigenvalue weighted by Gasteiger charge is 2.20. The number of Topliss-reactive ketones (excluding diaryl/α,β-unsaturated/α-hetero) is 1. The zero-order valence-electron chi connectivity index (χ0n) is 9.14. The first kappa shape index (κ1) is 14.1. The van der Waals surface area contributed by atoms with Crippen LogP contribution in [-0.4, -0.2) is 11.8 Å². The van der Waals surface area contributed by atoms with E-state index in [9.17, 15) is 4.79 Å². The number of carbonyl (C=O) groups excluding carboxylic acids is 1. The molecule has 0 fully saturated rings. The van der Waals surface area contributed by atoms with Crippen molar-refractivity contribution in [2.24, 2.45) is 11.7 Å². The fraction of sp³-hybridized carbons (Fsp3) is 0.417. The summed E-state index contributed by atoms with van der Waals surface area (Å²) in [6.45, 7) is 4.05. The van der Waals surface area contributed by atoms with Gasteiger partial charge in [-0.3, -0.25) is 4.79 Å². The Morgan fingerprint density at radius 1 is 1.33 bits per heavy atom. The minimum absolute atomic E-state index is 0. The average Bonchev–Trinajstić information content (AvgIpc) is 2.27. The topological polar surface area (TPSA) is 43.1 Å². The molecule has 1 aromatic rings. The first-order chi connectivity index (χ1) is 6.66. The molecule has 2 atom stereocenters. The molecule has 2 nitrogen and oxygen atoms in total. The predicted molar refractivity (Wildman–Crippen MR) is 65.5 cm³/mol. The van der Waals surface area contributed by atoms with E-state index in [1.807, 2.05) is 44.2 Å². The number of hydrogen-bond donors (Lipinski definition) is 1. The molecule has 1 rings (SSSR count). The third-order valence-corrected chi connectivity index (χ3v) is 2.62. The normalized spacial score (nSPS) is 13.8. The fourth-order valence-electron chi connectivity index (χ4n) is 1.31. The van der Waals surface area contributed by atoms with Crippen molar-refractivity contribution in [1.29, 1.82) is 0 Å². The van der Waals surface area contributed by atoms with Crippen molar-refractivity contribution in [2.45, 2.75) is 26.3 Å². The van der Waals surface area contributed by atoms with Crippen LogP contribution in [0.25, 0.3) is 0 Å². The fourth-order valence-corrected chi connectivity index (χ4v) is 1.31. The van der Waals surface area contributed by atoms with Gasteiger partial charge >= 0.3 is 0 Å². The first-order valence-electron chi connectivity index (χ1n) is 5.01. The van der Waals surface area contributed by atoms with Crippen LogP contribution >= 0.6 is 12.4 Å². The Morgan fingerprint density at radius 3 is 2.33 bits per heavy atom. The number of halogens is 1. The smallest absolute Gasteiger partial charge is 0.179 e. The summed E-state index contributed by atoms with van der Waals surface area (Å²) < 4.78 is 0. The van der Waals surface area contributed by atoms with Gasteiger partial charge in [0.05, 0.1) is 6.04 Å². The molecule has 0 aliphatic heterocycles. The summed E-state index contributed by atoms with van der Waals surface area (Å²) in [6.07, 6.45) is 0.930. The predicted octanol–water partition coefficient (Wildman–Crippen LogP) is 2.66. The summed E-state index contributed by atoms with van der Waals surface area (Å²) in [6, 6.07) is 8.86. The molecule has 2 N–H and O–H groups in total. The SMILES string of the molecule is CCC(C)C(N)C(=O)c1ccccc1.Cl. The third kappa shape index (κ3) is 3.65. The number of benzene rings is 1. The van der Waals surface area contributed by atoms with Crippen LogP contribution in [0.15, 0.2) is 30.3 Å². The molecular weight excluding hydrogens is 210 g/mol. The molecule has 0 aliphatic rings. The number of nitrogens with two attached hydrogens (primary N) is 1. The molecule has 84 valence electrons. The van der Waals surface area contributed by atoms with E-state index in [4.69, 9.17) is 5.73 Å². The van der Waals surface area contributed by atoms with Gasteiger partial charge in [-0.05, 0) is 5.92 Å². The molecule has 0 heterocycles. The van der Waals surface area contributed by atoms with Crippen molar-refractivity contribution >= 4 is 18.2 Å². The molecule has 0 aromatic heterocycles. The highest BCUT2D eigenvalue weighted by Crippen LogP contribution is 2.11. The summed E-state index contributed by atoms with van der Waals surface area (Å²) in [5.74, 6) is 0.280. The van der Waals surface area contributed by atoms with Crippen molar-refractivity contribution in [1.82, 2.24) is 0 Å². The van der Waals surface area contributed by atoms with Gasteiger partial charge in [0.25, 0.3) is 0 Å². The summed E-state index contributed by atoms with van der Waals surface area (Å²) >= 11 is 0. The lowest BCUT2D eigenvalue weighted by atomic mass is 9.93. The molecule has 0 saturated carbocycles. The quantitative estimate of drug-likeness (QED) is 0.804. The van der Waals surface area contributed by atoms with E-state index in [-0.39, 0.29) is 30.2 Å². The average molecular weight is 228 g/mol. The van der Waals surface area contributed by atoms with E-state index in [1.54, 1.807) is 0 Å². The van der Waals surface area contributed by atoms with Gasteiger partial charge in [0, 0.05) is 5.56 Å². The van der Waals surface area contributed by atoms with Gasteiger partial charge < -0.3 is 5.73 Å². The minimum atomic E-state index is -0.373. The lowest BCUT2D eigenvalue weighted by Crippen LogP contribution is -2.36. The Morgan fingerprint density at radius 2 is 1.87 bits per heavy atom. The standard InChI is InChI=1S/C12H17NO.ClH/c1-3-9(2)11(13)12(14)10-7-5-4-6-8-10;/h4-9,11H,3,13H2,1-2H3;1H. The van der Waals surface area contributed by atoms with E-state index in [0.717, 1.165) is 6.42 Å². The van der Waals surface area contributed by atoms with Gasteiger partial charge in [0.1, 0.15) is 0 Å². The second-order valence-corrected chi connectivity index (χ2v) is 3.64. The molecule has 0 spiro atoms. The Bertz CT molecular complexity index is 300. The number of hydrogen-bond acceptors (Lipinski definition) is 2. The van der Waals surface area contributed by atoms with Gasteiger partial charge in [-0.2, -0.15) is 0 Å². The summed E-state index contributed by atoms with van der Waals surface area (Å²) in [5.41, 5.74) is 6.56. The zero-order chi connectivity index (χ0) is 10.6. The monoisotopic (exact) mass is 227 g/mol. The molecule has 0 amide bonds. The van der Waals surface area contributed by atoms with Gasteiger partial charge in [-0.25, -0.2) is 0 Å². The van der Waals surface area contributed by atoms with E-state index in [1.165, 1.54) is 0 Å². The maximum Gasteiger partial charge on any atom is 0.179 e. The molecule has 15 heavy (non-hydrogen) atoms. The molecule has 0 radical (unpaired) electrons. The molecule has 2 unspecified atom stereocenters. The highest BCUT2D eigenvalue weighted by molar-refractivity contribution is 6.00. The van der Waals surface area contributed by atoms with E-state index in [0.29, 0.717) is 5.56 Å². The van der Waals surface area contributed by atoms with Crippen LogP contribution < -0.4 is 5.73 Å². The second kappa shape index (κ2) is 6.59. The van der Waals surface area contributed by atoms with Crippen LogP contribution in [0.5, 0.6) is 0 Å². The third-order valence-electron chi connectivity index (χ3n) is 2.62. The molecule has 1 aromatic carbocycles. The Balaban J connectivity index is 0.00000196. The van der Waals surface area contributed by atoms with Crippen LogP contribution in [0.1, 0.15) is 30.6 Å².